The molecule has 3 aromatic carbocycles. The monoisotopic (exact) mass is 504 g/mol. The van der Waals surface area contributed by atoms with Crippen LogP contribution in [-0.2, 0) is 16.6 Å². The predicted octanol–water partition coefficient (Wildman–Crippen LogP) is 4.87. The molecule has 0 aliphatic carbocycles. The van der Waals surface area contributed by atoms with E-state index < -0.39 is 15.8 Å². The molecular weight excluding hydrogens is 479 g/mol. The lowest BCUT2D eigenvalue weighted by atomic mass is 10.1. The van der Waals surface area contributed by atoms with Crippen LogP contribution in [0.4, 0.5) is 10.1 Å². The average molecular weight is 505 g/mol. The maximum atomic E-state index is 13.5. The van der Waals surface area contributed by atoms with Gasteiger partial charge in [-0.15, -0.1) is 0 Å². The number of benzene rings is 3. The molecule has 0 fully saturated rings. The Balaban J connectivity index is 1.59. The van der Waals surface area contributed by atoms with Crippen molar-refractivity contribution < 1.29 is 22.3 Å². The summed E-state index contributed by atoms with van der Waals surface area (Å²) >= 11 is 5.82. The molecule has 0 heterocycles. The molecule has 1 N–H and O–H groups in total. The Morgan fingerprint density at radius 3 is 2.38 bits per heavy atom. The third kappa shape index (κ3) is 6.71. The van der Waals surface area contributed by atoms with Crippen LogP contribution < -0.4 is 14.4 Å². The summed E-state index contributed by atoms with van der Waals surface area (Å²) in [6.07, 6.45) is 1.06. The van der Waals surface area contributed by atoms with E-state index in [-0.39, 0.29) is 23.2 Å². The van der Waals surface area contributed by atoms with Crippen LogP contribution in [0.3, 0.4) is 0 Å². The minimum absolute atomic E-state index is 0.00638. The summed E-state index contributed by atoms with van der Waals surface area (Å²) in [4.78, 5) is 12.4. The molecule has 0 saturated heterocycles. The first-order valence-electron chi connectivity index (χ1n) is 10.5. The second-order valence-electron chi connectivity index (χ2n) is 7.94. The molecular formula is C25H26ClFN2O4S. The van der Waals surface area contributed by atoms with Gasteiger partial charge in [-0.05, 0) is 61.4 Å². The number of rotatable bonds is 9. The largest absolute Gasteiger partial charge is 0.491 e. The maximum absolute atomic E-state index is 13.5. The first-order valence-corrected chi connectivity index (χ1v) is 12.8. The first-order chi connectivity index (χ1) is 16.0. The van der Waals surface area contributed by atoms with E-state index in [1.807, 2.05) is 32.0 Å². The van der Waals surface area contributed by atoms with E-state index in [0.29, 0.717) is 24.3 Å². The molecule has 0 unspecified atom stereocenters. The van der Waals surface area contributed by atoms with Gasteiger partial charge in [-0.25, -0.2) is 12.8 Å². The molecule has 6 nitrogen and oxygen atoms in total. The molecule has 0 atom stereocenters. The number of sulfonamides is 1. The molecule has 9 heteroatoms. The van der Waals surface area contributed by atoms with E-state index in [2.05, 4.69) is 5.32 Å². The van der Waals surface area contributed by atoms with Crippen LogP contribution in [0.1, 0.15) is 27.0 Å². The number of nitrogens with zero attached hydrogens (tertiary/aromatic N) is 1. The zero-order valence-corrected chi connectivity index (χ0v) is 20.7. The number of hydrogen-bond donors (Lipinski definition) is 1. The number of hydrogen-bond acceptors (Lipinski definition) is 4. The minimum Gasteiger partial charge on any atom is -0.491 e. The molecule has 0 spiro atoms. The summed E-state index contributed by atoms with van der Waals surface area (Å²) in [5.74, 6) is -0.114. The van der Waals surface area contributed by atoms with E-state index in [4.69, 9.17) is 16.3 Å². The number of aryl methyl sites for hydroxylation is 2. The first kappa shape index (κ1) is 25.5. The summed E-state index contributed by atoms with van der Waals surface area (Å²) in [5.41, 5.74) is 3.53. The van der Waals surface area contributed by atoms with Gasteiger partial charge in [0.15, 0.2) is 0 Å². The van der Waals surface area contributed by atoms with Crippen LogP contribution in [0.5, 0.6) is 5.75 Å². The van der Waals surface area contributed by atoms with Crippen molar-refractivity contribution in [3.63, 3.8) is 0 Å². The van der Waals surface area contributed by atoms with Gasteiger partial charge in [0.05, 0.1) is 30.1 Å². The molecule has 0 aliphatic rings. The summed E-state index contributed by atoms with van der Waals surface area (Å²) in [5, 5.41) is 2.63. The lowest BCUT2D eigenvalue weighted by Gasteiger charge is -2.23. The average Bonchev–Trinajstić information content (AvgIpc) is 2.77. The Bertz CT molecular complexity index is 1280. The third-order valence-electron chi connectivity index (χ3n) is 5.11. The number of anilines is 1. The Labute approximate surface area is 204 Å². The molecule has 34 heavy (non-hydrogen) atoms. The van der Waals surface area contributed by atoms with E-state index in [9.17, 15) is 17.6 Å². The van der Waals surface area contributed by atoms with E-state index in [1.54, 1.807) is 24.3 Å². The highest BCUT2D eigenvalue weighted by Crippen LogP contribution is 2.26. The van der Waals surface area contributed by atoms with Crippen molar-refractivity contribution in [2.24, 2.45) is 0 Å². The highest BCUT2D eigenvalue weighted by molar-refractivity contribution is 7.92. The number of halogens is 2. The number of nitrogens with one attached hydrogen (secondary N) is 1. The Morgan fingerprint density at radius 2 is 1.76 bits per heavy atom. The SMILES string of the molecule is Cc1ccc(OCCNC(=O)c2ccc(CN(c3ccc(F)c(Cl)c3)S(C)(=O)=O)cc2)c(C)c1. The molecule has 3 rings (SSSR count). The van der Waals surface area contributed by atoms with Crippen molar-refractivity contribution in [3.05, 3.63) is 93.8 Å². The van der Waals surface area contributed by atoms with Crippen molar-refractivity contribution in [3.8, 4) is 5.75 Å². The van der Waals surface area contributed by atoms with Crippen LogP contribution in [0.2, 0.25) is 5.02 Å². The number of ether oxygens (including phenoxy) is 1. The van der Waals surface area contributed by atoms with Gasteiger partial charge in [0.1, 0.15) is 18.2 Å². The Kier molecular flexibility index (Phi) is 8.17. The fourth-order valence-corrected chi connectivity index (χ4v) is 4.41. The zero-order valence-electron chi connectivity index (χ0n) is 19.1. The summed E-state index contributed by atoms with van der Waals surface area (Å²) in [6, 6.07) is 16.2. The minimum atomic E-state index is -3.66. The van der Waals surface area contributed by atoms with Crippen LogP contribution in [0, 0.1) is 19.7 Å². The Hall–Kier alpha value is -3.10. The van der Waals surface area contributed by atoms with Gasteiger partial charge in [0.25, 0.3) is 5.91 Å². The van der Waals surface area contributed by atoms with Gasteiger partial charge >= 0.3 is 0 Å². The molecule has 0 saturated carbocycles. The molecule has 0 radical (unpaired) electrons. The lowest BCUT2D eigenvalue weighted by molar-refractivity contribution is 0.0947. The Morgan fingerprint density at radius 1 is 1.06 bits per heavy atom. The van der Waals surface area contributed by atoms with Crippen molar-refractivity contribution in [1.29, 1.82) is 0 Å². The molecule has 0 bridgehead atoms. The third-order valence-corrected chi connectivity index (χ3v) is 6.54. The van der Waals surface area contributed by atoms with Crippen molar-refractivity contribution in [2.75, 3.05) is 23.7 Å². The van der Waals surface area contributed by atoms with Gasteiger partial charge in [-0.3, -0.25) is 9.10 Å². The zero-order chi connectivity index (χ0) is 24.9. The van der Waals surface area contributed by atoms with Crippen LogP contribution in [0.25, 0.3) is 0 Å². The summed E-state index contributed by atoms with van der Waals surface area (Å²) in [6.45, 7) is 4.65. The normalized spacial score (nSPS) is 11.2. The van der Waals surface area contributed by atoms with Gasteiger partial charge in [-0.2, -0.15) is 0 Å². The summed E-state index contributed by atoms with van der Waals surface area (Å²) < 4.78 is 44.9. The molecule has 0 aromatic heterocycles. The molecule has 1 amide bonds. The standard InChI is InChI=1S/C25H26ClFN2O4S/c1-17-4-11-24(18(2)14-17)33-13-12-28-25(30)20-7-5-19(6-8-20)16-29(34(3,31)32)21-9-10-23(27)22(26)15-21/h4-11,14-15H,12-13,16H2,1-3H3,(H,28,30). The van der Waals surface area contributed by atoms with Crippen molar-refractivity contribution in [2.45, 2.75) is 20.4 Å². The fourth-order valence-electron chi connectivity index (χ4n) is 3.36. The van der Waals surface area contributed by atoms with Gasteiger partial charge in [0.2, 0.25) is 10.0 Å². The number of carbonyl (C=O) groups is 1. The van der Waals surface area contributed by atoms with Gasteiger partial charge in [0, 0.05) is 5.56 Å². The van der Waals surface area contributed by atoms with E-state index in [0.717, 1.165) is 33.5 Å². The van der Waals surface area contributed by atoms with Crippen LogP contribution in [-0.4, -0.2) is 33.7 Å². The predicted molar refractivity (Wildman–Crippen MR) is 133 cm³/mol. The summed E-state index contributed by atoms with van der Waals surface area (Å²) in [7, 11) is -3.66. The van der Waals surface area contributed by atoms with Crippen LogP contribution in [0.15, 0.2) is 60.7 Å². The highest BCUT2D eigenvalue weighted by Gasteiger charge is 2.19. The van der Waals surface area contributed by atoms with Crippen LogP contribution >= 0.6 is 11.6 Å². The lowest BCUT2D eigenvalue weighted by Crippen LogP contribution is -2.29. The smallest absolute Gasteiger partial charge is 0.251 e. The number of carbonyl (C=O) groups excluding carboxylic acids is 1. The molecule has 3 aromatic rings. The second kappa shape index (κ2) is 10.9. The van der Waals surface area contributed by atoms with Crippen molar-refractivity contribution in [1.82, 2.24) is 5.32 Å². The molecule has 0 aliphatic heterocycles. The van der Waals surface area contributed by atoms with Crippen molar-refractivity contribution >= 4 is 33.2 Å². The highest BCUT2D eigenvalue weighted by atomic mass is 35.5. The topological polar surface area (TPSA) is 75.7 Å². The van der Waals surface area contributed by atoms with E-state index in [1.165, 1.54) is 12.1 Å². The number of amides is 1. The van der Waals surface area contributed by atoms with Gasteiger partial charge < -0.3 is 10.1 Å². The maximum Gasteiger partial charge on any atom is 0.251 e. The van der Waals surface area contributed by atoms with Gasteiger partial charge in [-0.1, -0.05) is 41.4 Å². The molecule has 180 valence electrons. The quantitative estimate of drug-likeness (QED) is 0.422. The van der Waals surface area contributed by atoms with E-state index >= 15 is 0 Å². The second-order valence-corrected chi connectivity index (χ2v) is 10.3. The fraction of sp³-hybridized carbons (Fsp3) is 0.240.